The van der Waals surface area contributed by atoms with Crippen molar-refractivity contribution in [3.63, 3.8) is 0 Å². The van der Waals surface area contributed by atoms with Crippen molar-refractivity contribution in [3.05, 3.63) is 22.9 Å². The fraction of sp³-hybridized carbons (Fsp3) is 0.667. The van der Waals surface area contributed by atoms with Gasteiger partial charge in [-0.05, 0) is 43.1 Å². The van der Waals surface area contributed by atoms with Gasteiger partial charge in [0.05, 0.1) is 5.69 Å². The Labute approximate surface area is 167 Å². The Bertz CT molecular complexity index is 663. The number of aryl methyl sites for hydroxylation is 1. The molecule has 0 radical (unpaired) electrons. The molecule has 1 atom stereocenters. The van der Waals surface area contributed by atoms with Gasteiger partial charge in [-0.3, -0.25) is 4.99 Å². The standard InChI is InChI=1S/C20H29N3.2C2H6/c1-5-6-10-16-14(12-20(2,3)4)17-13-9-7-8-11-15(13)23-19(21)18(17)22-16;2*1-2/h7,9,14H,5-6,8,10-12H2,1-4H3,(H2,21,23);2*1-2H3. The van der Waals surface area contributed by atoms with E-state index >= 15 is 0 Å². The lowest BCUT2D eigenvalue weighted by molar-refractivity contribution is 0.367. The summed E-state index contributed by atoms with van der Waals surface area (Å²) in [5.41, 5.74) is 12.6. The van der Waals surface area contributed by atoms with E-state index in [2.05, 4.69) is 44.8 Å². The molecule has 0 bridgehead atoms. The molecular weight excluding hydrogens is 330 g/mol. The Balaban J connectivity index is 0.000000855. The largest absolute Gasteiger partial charge is 0.382 e. The predicted molar refractivity (Wildman–Crippen MR) is 122 cm³/mol. The van der Waals surface area contributed by atoms with Crippen LogP contribution in [0.4, 0.5) is 11.5 Å². The monoisotopic (exact) mass is 371 g/mol. The molecule has 0 amide bonds. The van der Waals surface area contributed by atoms with Gasteiger partial charge in [0.15, 0.2) is 0 Å². The summed E-state index contributed by atoms with van der Waals surface area (Å²) >= 11 is 0. The van der Waals surface area contributed by atoms with Crippen molar-refractivity contribution >= 4 is 23.3 Å². The molecule has 0 saturated heterocycles. The zero-order valence-corrected chi connectivity index (χ0v) is 18.9. The van der Waals surface area contributed by atoms with Crippen LogP contribution in [0.15, 0.2) is 11.1 Å². The van der Waals surface area contributed by atoms with Gasteiger partial charge < -0.3 is 5.73 Å². The third-order valence-electron chi connectivity index (χ3n) is 4.80. The molecule has 1 unspecified atom stereocenters. The molecule has 0 aromatic carbocycles. The zero-order chi connectivity index (χ0) is 20.6. The molecule has 2 aliphatic rings. The van der Waals surface area contributed by atoms with Crippen LogP contribution >= 0.6 is 0 Å². The molecule has 3 nitrogen and oxygen atoms in total. The third kappa shape index (κ3) is 5.67. The molecule has 3 heteroatoms. The van der Waals surface area contributed by atoms with Crippen LogP contribution in [-0.4, -0.2) is 10.7 Å². The third-order valence-corrected chi connectivity index (χ3v) is 4.80. The van der Waals surface area contributed by atoms with Crippen molar-refractivity contribution < 1.29 is 0 Å². The lowest BCUT2D eigenvalue weighted by Gasteiger charge is -2.27. The van der Waals surface area contributed by atoms with E-state index in [9.17, 15) is 0 Å². The van der Waals surface area contributed by atoms with Crippen LogP contribution in [0.1, 0.15) is 110 Å². The quantitative estimate of drug-likeness (QED) is 0.596. The van der Waals surface area contributed by atoms with E-state index < -0.39 is 0 Å². The highest BCUT2D eigenvalue weighted by atomic mass is 14.9. The fourth-order valence-corrected chi connectivity index (χ4v) is 3.76. The van der Waals surface area contributed by atoms with Crippen molar-refractivity contribution in [2.45, 2.75) is 99.8 Å². The molecule has 0 fully saturated rings. The number of unbranched alkanes of at least 4 members (excludes halogenated alkanes) is 1. The van der Waals surface area contributed by atoms with Gasteiger partial charge >= 0.3 is 0 Å². The second kappa shape index (κ2) is 10.6. The molecule has 2 N–H and O–H groups in total. The molecular formula is C24H41N3. The molecule has 152 valence electrons. The van der Waals surface area contributed by atoms with Gasteiger partial charge in [0.2, 0.25) is 0 Å². The Hall–Kier alpha value is -1.64. The van der Waals surface area contributed by atoms with Crippen LogP contribution in [0.2, 0.25) is 0 Å². The highest BCUT2D eigenvalue weighted by Gasteiger charge is 2.35. The van der Waals surface area contributed by atoms with Crippen molar-refractivity contribution in [2.75, 3.05) is 5.73 Å². The first-order valence-corrected chi connectivity index (χ1v) is 11.0. The van der Waals surface area contributed by atoms with E-state index in [0.29, 0.717) is 11.7 Å². The SMILES string of the molecule is CC.CC.CCCCC1=Nc2c(N)nc3c(c2C1CC(C)(C)C)C=CCC3. The fourth-order valence-electron chi connectivity index (χ4n) is 3.76. The molecule has 1 aliphatic heterocycles. The molecule has 27 heavy (non-hydrogen) atoms. The summed E-state index contributed by atoms with van der Waals surface area (Å²) in [4.78, 5) is 9.61. The zero-order valence-electron chi connectivity index (χ0n) is 18.9. The van der Waals surface area contributed by atoms with Crippen LogP contribution in [0.5, 0.6) is 0 Å². The summed E-state index contributed by atoms with van der Waals surface area (Å²) in [6, 6.07) is 0. The summed E-state index contributed by atoms with van der Waals surface area (Å²) in [6.07, 6.45) is 11.1. The van der Waals surface area contributed by atoms with Gasteiger partial charge in [0.1, 0.15) is 11.5 Å². The van der Waals surface area contributed by atoms with Crippen molar-refractivity contribution in [1.29, 1.82) is 0 Å². The Morgan fingerprint density at radius 1 is 1.15 bits per heavy atom. The van der Waals surface area contributed by atoms with Crippen LogP contribution in [0.3, 0.4) is 0 Å². The lowest BCUT2D eigenvalue weighted by Crippen LogP contribution is -2.19. The van der Waals surface area contributed by atoms with Gasteiger partial charge in [-0.2, -0.15) is 0 Å². The minimum absolute atomic E-state index is 0.266. The van der Waals surface area contributed by atoms with E-state index in [-0.39, 0.29) is 5.41 Å². The number of nitrogens with two attached hydrogens (primary N) is 1. The smallest absolute Gasteiger partial charge is 0.149 e. The average Bonchev–Trinajstić information content (AvgIpc) is 3.01. The summed E-state index contributed by atoms with van der Waals surface area (Å²) in [5, 5.41) is 0. The van der Waals surface area contributed by atoms with Crippen molar-refractivity contribution in [1.82, 2.24) is 4.98 Å². The summed E-state index contributed by atoms with van der Waals surface area (Å²) in [7, 11) is 0. The number of hydrogen-bond donors (Lipinski definition) is 1. The minimum atomic E-state index is 0.266. The Morgan fingerprint density at radius 2 is 1.81 bits per heavy atom. The number of nitrogen functional groups attached to an aromatic ring is 1. The lowest BCUT2D eigenvalue weighted by atomic mass is 9.77. The number of hydrogen-bond acceptors (Lipinski definition) is 3. The highest BCUT2D eigenvalue weighted by Crippen LogP contribution is 2.48. The number of allylic oxidation sites excluding steroid dienone is 1. The van der Waals surface area contributed by atoms with Crippen LogP contribution in [0.25, 0.3) is 6.08 Å². The second-order valence-electron chi connectivity index (χ2n) is 8.08. The van der Waals surface area contributed by atoms with Crippen LogP contribution in [-0.2, 0) is 6.42 Å². The maximum absolute atomic E-state index is 6.27. The van der Waals surface area contributed by atoms with Gasteiger partial charge in [-0.15, -0.1) is 0 Å². The second-order valence-corrected chi connectivity index (χ2v) is 8.08. The first-order valence-electron chi connectivity index (χ1n) is 11.0. The number of aliphatic imine (C=N–C) groups is 1. The van der Waals surface area contributed by atoms with E-state index in [4.69, 9.17) is 10.7 Å². The van der Waals surface area contributed by atoms with E-state index in [1.54, 1.807) is 0 Å². The van der Waals surface area contributed by atoms with Crippen molar-refractivity contribution in [3.8, 4) is 0 Å². The van der Waals surface area contributed by atoms with Gasteiger partial charge in [0.25, 0.3) is 0 Å². The van der Waals surface area contributed by atoms with E-state index in [0.717, 1.165) is 37.1 Å². The molecule has 1 aliphatic carbocycles. The molecule has 3 rings (SSSR count). The maximum atomic E-state index is 6.27. The van der Waals surface area contributed by atoms with E-state index in [1.165, 1.54) is 29.7 Å². The van der Waals surface area contributed by atoms with E-state index in [1.807, 2.05) is 27.7 Å². The first kappa shape index (κ1) is 23.4. The summed E-state index contributed by atoms with van der Waals surface area (Å²) in [6.45, 7) is 17.2. The maximum Gasteiger partial charge on any atom is 0.149 e. The van der Waals surface area contributed by atoms with Crippen LogP contribution in [0, 0.1) is 5.41 Å². The Kier molecular flexibility index (Phi) is 9.21. The van der Waals surface area contributed by atoms with Crippen molar-refractivity contribution in [2.24, 2.45) is 10.4 Å². The average molecular weight is 372 g/mol. The van der Waals surface area contributed by atoms with Crippen LogP contribution < -0.4 is 5.73 Å². The molecule has 0 saturated carbocycles. The first-order chi connectivity index (χ1) is 12.9. The molecule has 2 heterocycles. The molecule has 1 aromatic heterocycles. The molecule has 0 spiro atoms. The highest BCUT2D eigenvalue weighted by molar-refractivity contribution is 6.01. The number of anilines is 1. The number of pyridine rings is 1. The number of fused-ring (bicyclic) bond motifs is 3. The summed E-state index contributed by atoms with van der Waals surface area (Å²) < 4.78 is 0. The Morgan fingerprint density at radius 3 is 2.41 bits per heavy atom. The molecule has 1 aromatic rings. The van der Waals surface area contributed by atoms with Gasteiger partial charge in [-0.1, -0.05) is 74.0 Å². The predicted octanol–water partition coefficient (Wildman–Crippen LogP) is 7.47. The van der Waals surface area contributed by atoms with Gasteiger partial charge in [0, 0.05) is 17.2 Å². The minimum Gasteiger partial charge on any atom is -0.382 e. The number of nitrogens with zero attached hydrogens (tertiary/aromatic N) is 2. The summed E-state index contributed by atoms with van der Waals surface area (Å²) in [5.74, 6) is 1.03. The normalized spacial score (nSPS) is 17.0. The number of rotatable bonds is 4. The van der Waals surface area contributed by atoms with Gasteiger partial charge in [-0.25, -0.2) is 4.98 Å². The topological polar surface area (TPSA) is 51.3 Å². The number of aromatic nitrogens is 1.